The molecule has 0 bridgehead atoms. The van der Waals surface area contributed by atoms with Crippen LogP contribution in [0.5, 0.6) is 17.2 Å². The van der Waals surface area contributed by atoms with Gasteiger partial charge >= 0.3 is 0 Å². The van der Waals surface area contributed by atoms with Crippen molar-refractivity contribution in [2.45, 2.75) is 6.54 Å². The Kier molecular flexibility index (Phi) is 5.66. The first-order chi connectivity index (χ1) is 13.2. The number of ether oxygens (including phenoxy) is 3. The van der Waals surface area contributed by atoms with Crippen LogP contribution in [-0.2, 0) is 6.54 Å². The van der Waals surface area contributed by atoms with Gasteiger partial charge in [-0.3, -0.25) is 4.79 Å². The van der Waals surface area contributed by atoms with E-state index in [1.807, 2.05) is 30.3 Å². The van der Waals surface area contributed by atoms with Crippen molar-refractivity contribution in [3.05, 3.63) is 66.1 Å². The van der Waals surface area contributed by atoms with Crippen LogP contribution < -0.4 is 19.5 Å². The summed E-state index contributed by atoms with van der Waals surface area (Å²) in [6.07, 6.45) is 1.51. The fraction of sp³-hybridized carbons (Fsp3) is 0.190. The first-order valence-corrected chi connectivity index (χ1v) is 8.38. The number of nitrogens with one attached hydrogen (secondary N) is 1. The molecule has 1 N–H and O–H groups in total. The van der Waals surface area contributed by atoms with Crippen molar-refractivity contribution >= 4 is 5.91 Å². The largest absolute Gasteiger partial charge is 0.493 e. The second-order valence-corrected chi connectivity index (χ2v) is 5.75. The molecular formula is C21H21NO5. The zero-order valence-electron chi connectivity index (χ0n) is 15.4. The van der Waals surface area contributed by atoms with Gasteiger partial charge in [-0.2, -0.15) is 0 Å². The Balaban J connectivity index is 1.78. The molecule has 0 aliphatic heterocycles. The second kappa shape index (κ2) is 8.31. The Hall–Kier alpha value is -3.41. The number of carbonyl (C=O) groups excluding carboxylic acids is 1. The van der Waals surface area contributed by atoms with E-state index in [0.717, 1.165) is 16.7 Å². The summed E-state index contributed by atoms with van der Waals surface area (Å²) in [6.45, 7) is 0.282. The average Bonchev–Trinajstić information content (AvgIpc) is 3.21. The van der Waals surface area contributed by atoms with Crippen LogP contribution in [0, 0.1) is 0 Å². The van der Waals surface area contributed by atoms with Gasteiger partial charge in [0.2, 0.25) is 5.75 Å². The molecule has 0 atom stereocenters. The lowest BCUT2D eigenvalue weighted by Crippen LogP contribution is -2.23. The minimum Gasteiger partial charge on any atom is -0.493 e. The van der Waals surface area contributed by atoms with E-state index in [2.05, 4.69) is 5.32 Å². The molecule has 0 radical (unpaired) electrons. The maximum Gasteiger partial charge on any atom is 0.287 e. The molecule has 0 spiro atoms. The molecule has 1 aromatic heterocycles. The average molecular weight is 367 g/mol. The molecular weight excluding hydrogens is 346 g/mol. The van der Waals surface area contributed by atoms with Crippen LogP contribution in [0.1, 0.15) is 16.1 Å². The summed E-state index contributed by atoms with van der Waals surface area (Å²) in [5.74, 6) is 1.54. The topological polar surface area (TPSA) is 69.9 Å². The van der Waals surface area contributed by atoms with Gasteiger partial charge in [0.05, 0.1) is 27.6 Å². The maximum absolute atomic E-state index is 12.6. The van der Waals surface area contributed by atoms with Crippen LogP contribution in [0.2, 0.25) is 0 Å². The molecule has 0 aliphatic rings. The van der Waals surface area contributed by atoms with E-state index in [-0.39, 0.29) is 18.2 Å². The highest BCUT2D eigenvalue weighted by Crippen LogP contribution is 2.38. The van der Waals surface area contributed by atoms with Crippen LogP contribution in [0.25, 0.3) is 11.1 Å². The molecule has 2 aromatic carbocycles. The number of carbonyl (C=O) groups is 1. The van der Waals surface area contributed by atoms with Gasteiger partial charge in [-0.25, -0.2) is 0 Å². The van der Waals surface area contributed by atoms with Crippen LogP contribution in [0.15, 0.2) is 59.2 Å². The van der Waals surface area contributed by atoms with Gasteiger partial charge in [0.15, 0.2) is 17.3 Å². The second-order valence-electron chi connectivity index (χ2n) is 5.75. The normalized spacial score (nSPS) is 10.3. The smallest absolute Gasteiger partial charge is 0.287 e. The van der Waals surface area contributed by atoms with Crippen molar-refractivity contribution in [2.75, 3.05) is 21.3 Å². The molecule has 3 aromatic rings. The van der Waals surface area contributed by atoms with E-state index in [9.17, 15) is 4.79 Å². The van der Waals surface area contributed by atoms with E-state index in [1.54, 1.807) is 39.5 Å². The van der Waals surface area contributed by atoms with Gasteiger partial charge in [-0.15, -0.1) is 0 Å². The fourth-order valence-corrected chi connectivity index (χ4v) is 2.83. The molecule has 27 heavy (non-hydrogen) atoms. The molecule has 0 fully saturated rings. The van der Waals surface area contributed by atoms with Gasteiger partial charge in [-0.05, 0) is 29.3 Å². The molecule has 0 saturated carbocycles. The Morgan fingerprint density at radius 1 is 0.963 bits per heavy atom. The summed E-state index contributed by atoms with van der Waals surface area (Å²) in [4.78, 5) is 12.6. The SMILES string of the molecule is COc1cc(CNC(=O)c2occc2-c2ccccc2)cc(OC)c1OC. The number of rotatable bonds is 7. The van der Waals surface area contributed by atoms with E-state index in [1.165, 1.54) is 6.26 Å². The monoisotopic (exact) mass is 367 g/mol. The number of benzene rings is 2. The van der Waals surface area contributed by atoms with Crippen LogP contribution in [-0.4, -0.2) is 27.2 Å². The van der Waals surface area contributed by atoms with Crippen LogP contribution >= 0.6 is 0 Å². The molecule has 0 saturated heterocycles. The van der Waals surface area contributed by atoms with Crippen molar-refractivity contribution in [2.24, 2.45) is 0 Å². The number of amides is 1. The van der Waals surface area contributed by atoms with Crippen molar-refractivity contribution < 1.29 is 23.4 Å². The molecule has 1 heterocycles. The Labute approximate surface area is 157 Å². The zero-order valence-corrected chi connectivity index (χ0v) is 15.4. The number of hydrogen-bond donors (Lipinski definition) is 1. The van der Waals surface area contributed by atoms with Crippen LogP contribution in [0.4, 0.5) is 0 Å². The zero-order chi connectivity index (χ0) is 19.2. The van der Waals surface area contributed by atoms with E-state index >= 15 is 0 Å². The van der Waals surface area contributed by atoms with E-state index in [4.69, 9.17) is 18.6 Å². The van der Waals surface area contributed by atoms with Crippen molar-refractivity contribution in [1.29, 1.82) is 0 Å². The maximum atomic E-state index is 12.6. The molecule has 140 valence electrons. The molecule has 1 amide bonds. The molecule has 3 rings (SSSR count). The predicted molar refractivity (Wildman–Crippen MR) is 101 cm³/mol. The lowest BCUT2D eigenvalue weighted by atomic mass is 10.1. The fourth-order valence-electron chi connectivity index (χ4n) is 2.83. The highest BCUT2D eigenvalue weighted by molar-refractivity contribution is 5.98. The van der Waals surface area contributed by atoms with Gasteiger partial charge in [0.25, 0.3) is 5.91 Å². The number of furan rings is 1. The summed E-state index contributed by atoms with van der Waals surface area (Å²) >= 11 is 0. The highest BCUT2D eigenvalue weighted by Gasteiger charge is 2.18. The molecule has 0 unspecified atom stereocenters. The summed E-state index contributed by atoms with van der Waals surface area (Å²) in [5, 5.41) is 2.87. The Bertz CT molecular complexity index is 892. The summed E-state index contributed by atoms with van der Waals surface area (Å²) in [6, 6.07) is 15.0. The minimum absolute atomic E-state index is 0.272. The predicted octanol–water partition coefficient (Wildman–Crippen LogP) is 3.90. The summed E-state index contributed by atoms with van der Waals surface area (Å²) in [5.41, 5.74) is 2.48. The summed E-state index contributed by atoms with van der Waals surface area (Å²) in [7, 11) is 4.65. The minimum atomic E-state index is -0.299. The van der Waals surface area contributed by atoms with Gasteiger partial charge < -0.3 is 23.9 Å². The van der Waals surface area contributed by atoms with Gasteiger partial charge in [0.1, 0.15) is 0 Å². The quantitative estimate of drug-likeness (QED) is 0.686. The van der Waals surface area contributed by atoms with Crippen molar-refractivity contribution in [3.63, 3.8) is 0 Å². The van der Waals surface area contributed by atoms with Crippen LogP contribution in [0.3, 0.4) is 0 Å². The van der Waals surface area contributed by atoms with Crippen molar-refractivity contribution in [3.8, 4) is 28.4 Å². The Morgan fingerprint density at radius 2 is 1.63 bits per heavy atom. The lowest BCUT2D eigenvalue weighted by Gasteiger charge is -2.14. The third kappa shape index (κ3) is 3.89. The third-order valence-corrected chi connectivity index (χ3v) is 4.13. The van der Waals surface area contributed by atoms with E-state index in [0.29, 0.717) is 17.2 Å². The lowest BCUT2D eigenvalue weighted by molar-refractivity contribution is 0.0924. The molecule has 6 nitrogen and oxygen atoms in total. The van der Waals surface area contributed by atoms with Gasteiger partial charge in [-0.1, -0.05) is 30.3 Å². The highest BCUT2D eigenvalue weighted by atomic mass is 16.5. The first kappa shape index (κ1) is 18.4. The Morgan fingerprint density at radius 3 is 2.22 bits per heavy atom. The molecule has 6 heteroatoms. The first-order valence-electron chi connectivity index (χ1n) is 8.38. The third-order valence-electron chi connectivity index (χ3n) is 4.13. The number of hydrogen-bond acceptors (Lipinski definition) is 5. The standard InChI is InChI=1S/C21H21NO5/c1-24-17-11-14(12-18(25-2)20(17)26-3)13-22-21(23)19-16(9-10-27-19)15-7-5-4-6-8-15/h4-12H,13H2,1-3H3,(H,22,23). The van der Waals surface area contributed by atoms with Gasteiger partial charge in [0, 0.05) is 12.1 Å². The summed E-state index contributed by atoms with van der Waals surface area (Å²) < 4.78 is 21.4. The van der Waals surface area contributed by atoms with Crippen molar-refractivity contribution in [1.82, 2.24) is 5.32 Å². The molecule has 0 aliphatic carbocycles. The van der Waals surface area contributed by atoms with E-state index < -0.39 is 0 Å². The number of methoxy groups -OCH3 is 3.